The maximum Gasteiger partial charge on any atom is 0.128 e. The van der Waals surface area contributed by atoms with E-state index in [2.05, 4.69) is 12.2 Å². The van der Waals surface area contributed by atoms with Gasteiger partial charge in [0.1, 0.15) is 6.29 Å². The van der Waals surface area contributed by atoms with Crippen molar-refractivity contribution in [1.82, 2.24) is 5.32 Å². The Morgan fingerprint density at radius 2 is 2.47 bits per heavy atom. The van der Waals surface area contributed by atoms with Crippen LogP contribution < -0.4 is 5.32 Å². The van der Waals surface area contributed by atoms with Gasteiger partial charge in [-0.15, -0.1) is 11.3 Å². The second-order valence-corrected chi connectivity index (χ2v) is 6.53. The summed E-state index contributed by atoms with van der Waals surface area (Å²) in [5.74, 6) is 0.288. The van der Waals surface area contributed by atoms with Gasteiger partial charge in [0.25, 0.3) is 0 Å². The molecule has 2 unspecified atom stereocenters. The number of rotatable bonds is 4. The molecule has 2 rings (SSSR count). The fourth-order valence-electron chi connectivity index (χ4n) is 2.72. The highest BCUT2D eigenvalue weighted by Crippen LogP contribution is 2.45. The first-order valence-electron chi connectivity index (χ1n) is 6.06. The Hall–Kier alpha value is -0.380. The molecule has 4 heteroatoms. The van der Waals surface area contributed by atoms with Crippen LogP contribution in [0.1, 0.15) is 35.4 Å². The highest BCUT2D eigenvalue weighted by molar-refractivity contribution is 7.12. The Morgan fingerprint density at radius 3 is 3.00 bits per heavy atom. The van der Waals surface area contributed by atoms with E-state index >= 15 is 0 Å². The highest BCUT2D eigenvalue weighted by atomic mass is 35.5. The van der Waals surface area contributed by atoms with Gasteiger partial charge in [-0.3, -0.25) is 0 Å². The van der Waals surface area contributed by atoms with Gasteiger partial charge in [-0.2, -0.15) is 0 Å². The molecule has 2 nitrogen and oxygen atoms in total. The maximum absolute atomic E-state index is 11.5. The largest absolute Gasteiger partial charge is 0.315 e. The van der Waals surface area contributed by atoms with Crippen LogP contribution in [0, 0.1) is 12.3 Å². The molecule has 2 atom stereocenters. The topological polar surface area (TPSA) is 29.1 Å². The molecule has 0 radical (unpaired) electrons. The number of carbonyl (C=O) groups excluding carboxylic acids is 1. The Morgan fingerprint density at radius 1 is 1.71 bits per heavy atom. The Labute approximate surface area is 111 Å². The smallest absolute Gasteiger partial charge is 0.128 e. The summed E-state index contributed by atoms with van der Waals surface area (Å²) in [5.41, 5.74) is -0.227. The van der Waals surface area contributed by atoms with E-state index in [0.29, 0.717) is 0 Å². The number of aryl methyl sites for hydroxylation is 1. The van der Waals surface area contributed by atoms with Gasteiger partial charge in [0.15, 0.2) is 0 Å². The molecule has 1 aromatic rings. The van der Waals surface area contributed by atoms with E-state index in [9.17, 15) is 4.79 Å². The molecule has 17 heavy (non-hydrogen) atoms. The van der Waals surface area contributed by atoms with Gasteiger partial charge in [0.05, 0.1) is 5.02 Å². The lowest BCUT2D eigenvalue weighted by molar-refractivity contribution is -0.116. The molecule has 0 saturated carbocycles. The lowest BCUT2D eigenvalue weighted by atomic mass is 9.75. The van der Waals surface area contributed by atoms with Crippen LogP contribution in [0.3, 0.4) is 0 Å². The van der Waals surface area contributed by atoms with Crippen LogP contribution in [0.4, 0.5) is 0 Å². The first kappa shape index (κ1) is 13.1. The average Bonchev–Trinajstić information content (AvgIpc) is 2.85. The molecule has 94 valence electrons. The van der Waals surface area contributed by atoms with Gasteiger partial charge in [-0.25, -0.2) is 0 Å². The molecule has 1 saturated heterocycles. The second-order valence-electron chi connectivity index (χ2n) is 4.84. The molecular formula is C13H18ClNOS. The van der Waals surface area contributed by atoms with Crippen molar-refractivity contribution < 1.29 is 4.79 Å². The molecule has 0 aliphatic carbocycles. The molecule has 0 amide bonds. The predicted molar refractivity (Wildman–Crippen MR) is 73.1 cm³/mol. The summed E-state index contributed by atoms with van der Waals surface area (Å²) in [6, 6.07) is 2.03. The number of thiophene rings is 1. The molecular weight excluding hydrogens is 254 g/mol. The third-order valence-electron chi connectivity index (χ3n) is 3.67. The van der Waals surface area contributed by atoms with Crippen molar-refractivity contribution >= 4 is 29.2 Å². The van der Waals surface area contributed by atoms with Gasteiger partial charge < -0.3 is 10.1 Å². The zero-order valence-electron chi connectivity index (χ0n) is 10.3. The van der Waals surface area contributed by atoms with Crippen LogP contribution in [0.25, 0.3) is 0 Å². The minimum absolute atomic E-state index is 0.227. The standard InChI is InChI=1S/C13H18ClNOS/c1-3-4-13(8-16)7-15-6-10(13)12-5-11(14)9(2)17-12/h5,8,10,15H,3-4,6-7H2,1-2H3. The molecule has 0 aromatic carbocycles. The van der Waals surface area contributed by atoms with E-state index in [-0.39, 0.29) is 11.3 Å². The number of hydrogen-bond acceptors (Lipinski definition) is 3. The Kier molecular flexibility index (Phi) is 3.91. The molecule has 0 spiro atoms. The summed E-state index contributed by atoms with van der Waals surface area (Å²) in [5, 5.41) is 4.19. The van der Waals surface area contributed by atoms with Crippen molar-refractivity contribution in [3.05, 3.63) is 20.8 Å². The third-order valence-corrected chi connectivity index (χ3v) is 5.34. The molecule has 0 bridgehead atoms. The highest BCUT2D eigenvalue weighted by Gasteiger charge is 2.43. The van der Waals surface area contributed by atoms with Gasteiger partial charge in [0, 0.05) is 34.2 Å². The van der Waals surface area contributed by atoms with E-state index in [1.165, 1.54) is 4.88 Å². The van der Waals surface area contributed by atoms with Crippen LogP contribution in [0.5, 0.6) is 0 Å². The SMILES string of the molecule is CCCC1(C=O)CNCC1c1cc(Cl)c(C)s1. The van der Waals surface area contributed by atoms with Gasteiger partial charge in [-0.05, 0) is 19.4 Å². The minimum atomic E-state index is -0.227. The maximum atomic E-state index is 11.5. The summed E-state index contributed by atoms with van der Waals surface area (Å²) in [6.45, 7) is 5.84. The minimum Gasteiger partial charge on any atom is -0.315 e. The summed E-state index contributed by atoms with van der Waals surface area (Å²) in [6.07, 6.45) is 3.14. The van der Waals surface area contributed by atoms with Crippen molar-refractivity contribution in [2.24, 2.45) is 5.41 Å². The number of nitrogens with one attached hydrogen (secondary N) is 1. The van der Waals surface area contributed by atoms with Crippen molar-refractivity contribution in [2.75, 3.05) is 13.1 Å². The Bertz CT molecular complexity index is 398. The Balaban J connectivity index is 2.33. The average molecular weight is 272 g/mol. The molecule has 1 N–H and O–H groups in total. The van der Waals surface area contributed by atoms with Crippen molar-refractivity contribution in [3.8, 4) is 0 Å². The van der Waals surface area contributed by atoms with E-state index < -0.39 is 0 Å². The number of carbonyl (C=O) groups is 1. The number of hydrogen-bond donors (Lipinski definition) is 1. The summed E-state index contributed by atoms with van der Waals surface area (Å²) >= 11 is 7.85. The van der Waals surface area contributed by atoms with Crippen molar-refractivity contribution in [3.63, 3.8) is 0 Å². The fourth-order valence-corrected chi connectivity index (χ4v) is 4.17. The normalized spacial score (nSPS) is 28.5. The van der Waals surface area contributed by atoms with Gasteiger partial charge in [0.2, 0.25) is 0 Å². The van der Waals surface area contributed by atoms with Crippen molar-refractivity contribution in [1.29, 1.82) is 0 Å². The molecule has 1 aromatic heterocycles. The van der Waals surface area contributed by atoms with Gasteiger partial charge in [-0.1, -0.05) is 24.9 Å². The zero-order valence-corrected chi connectivity index (χ0v) is 11.8. The zero-order chi connectivity index (χ0) is 12.5. The lowest BCUT2D eigenvalue weighted by Crippen LogP contribution is -2.30. The van der Waals surface area contributed by atoms with Crippen LogP contribution in [-0.4, -0.2) is 19.4 Å². The molecule has 2 heterocycles. The summed E-state index contributed by atoms with van der Waals surface area (Å²) in [4.78, 5) is 13.9. The lowest BCUT2D eigenvalue weighted by Gasteiger charge is -2.27. The van der Waals surface area contributed by atoms with Gasteiger partial charge >= 0.3 is 0 Å². The summed E-state index contributed by atoms with van der Waals surface area (Å²) in [7, 11) is 0. The van der Waals surface area contributed by atoms with Crippen LogP contribution in [0.15, 0.2) is 6.07 Å². The van der Waals surface area contributed by atoms with Crippen LogP contribution >= 0.6 is 22.9 Å². The second kappa shape index (κ2) is 5.09. The van der Waals surface area contributed by atoms with E-state index in [1.807, 2.05) is 13.0 Å². The van der Waals surface area contributed by atoms with E-state index in [1.54, 1.807) is 11.3 Å². The first-order valence-corrected chi connectivity index (χ1v) is 7.25. The predicted octanol–water partition coefficient (Wildman–Crippen LogP) is 3.38. The first-order chi connectivity index (χ1) is 8.13. The molecule has 1 aliphatic rings. The third kappa shape index (κ3) is 2.28. The monoisotopic (exact) mass is 271 g/mol. The quantitative estimate of drug-likeness (QED) is 0.851. The fraction of sp³-hybridized carbons (Fsp3) is 0.615. The summed E-state index contributed by atoms with van der Waals surface area (Å²) < 4.78 is 0. The van der Waals surface area contributed by atoms with Crippen LogP contribution in [-0.2, 0) is 4.79 Å². The molecule has 1 fully saturated rings. The van der Waals surface area contributed by atoms with E-state index in [4.69, 9.17) is 11.6 Å². The molecule has 1 aliphatic heterocycles. The number of halogens is 1. The number of aldehydes is 1. The van der Waals surface area contributed by atoms with Crippen molar-refractivity contribution in [2.45, 2.75) is 32.6 Å². The van der Waals surface area contributed by atoms with Crippen LogP contribution in [0.2, 0.25) is 5.02 Å². The van der Waals surface area contributed by atoms with E-state index in [0.717, 1.165) is 42.1 Å².